The molecule has 0 spiro atoms. The van der Waals surface area contributed by atoms with Gasteiger partial charge in [-0.3, -0.25) is 4.79 Å². The second-order valence-corrected chi connectivity index (χ2v) is 7.24. The van der Waals surface area contributed by atoms with Crippen LogP contribution in [0.1, 0.15) is 16.2 Å². The van der Waals surface area contributed by atoms with Gasteiger partial charge < -0.3 is 18.5 Å². The Morgan fingerprint density at radius 2 is 2.07 bits per heavy atom. The van der Waals surface area contributed by atoms with E-state index in [9.17, 15) is 4.79 Å². The fourth-order valence-corrected chi connectivity index (χ4v) is 3.74. The van der Waals surface area contributed by atoms with Crippen molar-refractivity contribution in [3.05, 3.63) is 76.6 Å². The molecule has 4 rings (SSSR count). The standard InChI is InChI=1S/C21H19NO4S/c1-24-16-6-7-19-15(14-26-20(19)11-16)10-21(23)22(12-17-4-2-8-25-17)13-18-5-3-9-27-18/h2-9,11,14H,10,12-13H2,1H3. The number of rotatable bonds is 7. The minimum absolute atomic E-state index is 0.0262. The molecule has 3 heterocycles. The van der Waals surface area contributed by atoms with Gasteiger partial charge >= 0.3 is 0 Å². The number of benzene rings is 1. The summed E-state index contributed by atoms with van der Waals surface area (Å²) in [5.41, 5.74) is 1.58. The first-order valence-corrected chi connectivity index (χ1v) is 9.47. The zero-order chi connectivity index (χ0) is 18.6. The first-order valence-electron chi connectivity index (χ1n) is 8.59. The molecule has 1 aromatic carbocycles. The minimum atomic E-state index is 0.0262. The lowest BCUT2D eigenvalue weighted by molar-refractivity contribution is -0.131. The third-order valence-corrected chi connectivity index (χ3v) is 5.27. The molecule has 0 aliphatic carbocycles. The van der Waals surface area contributed by atoms with Crippen LogP contribution >= 0.6 is 11.3 Å². The van der Waals surface area contributed by atoms with Crippen LogP contribution in [-0.4, -0.2) is 17.9 Å². The Hall–Kier alpha value is -2.99. The van der Waals surface area contributed by atoms with Crippen molar-refractivity contribution in [1.29, 1.82) is 0 Å². The number of hydrogen-bond donors (Lipinski definition) is 0. The number of fused-ring (bicyclic) bond motifs is 1. The van der Waals surface area contributed by atoms with E-state index in [1.807, 2.05) is 52.7 Å². The number of carbonyl (C=O) groups excluding carboxylic acids is 1. The molecule has 0 saturated heterocycles. The zero-order valence-corrected chi connectivity index (χ0v) is 15.7. The summed E-state index contributed by atoms with van der Waals surface area (Å²) in [4.78, 5) is 16.0. The fourth-order valence-electron chi connectivity index (χ4n) is 3.02. The number of furan rings is 2. The smallest absolute Gasteiger partial charge is 0.227 e. The molecular formula is C21H19NO4S. The van der Waals surface area contributed by atoms with E-state index in [-0.39, 0.29) is 12.3 Å². The van der Waals surface area contributed by atoms with E-state index in [1.54, 1.807) is 31.0 Å². The topological polar surface area (TPSA) is 55.8 Å². The highest BCUT2D eigenvalue weighted by atomic mass is 32.1. The van der Waals surface area contributed by atoms with Crippen LogP contribution in [0.25, 0.3) is 11.0 Å². The molecule has 0 fully saturated rings. The second-order valence-electron chi connectivity index (χ2n) is 6.21. The molecule has 1 amide bonds. The van der Waals surface area contributed by atoms with E-state index in [4.69, 9.17) is 13.6 Å². The van der Waals surface area contributed by atoms with Gasteiger partial charge in [-0.1, -0.05) is 6.07 Å². The van der Waals surface area contributed by atoms with Crippen molar-refractivity contribution in [2.75, 3.05) is 7.11 Å². The summed E-state index contributed by atoms with van der Waals surface area (Å²) in [7, 11) is 1.62. The van der Waals surface area contributed by atoms with Crippen molar-refractivity contribution in [2.24, 2.45) is 0 Å². The molecule has 3 aromatic heterocycles. The van der Waals surface area contributed by atoms with Gasteiger partial charge in [-0.15, -0.1) is 11.3 Å². The van der Waals surface area contributed by atoms with Crippen molar-refractivity contribution in [3.8, 4) is 5.75 Å². The van der Waals surface area contributed by atoms with Gasteiger partial charge in [-0.05, 0) is 35.7 Å². The number of thiophene rings is 1. The molecule has 5 nitrogen and oxygen atoms in total. The molecule has 6 heteroatoms. The van der Waals surface area contributed by atoms with Gasteiger partial charge in [-0.25, -0.2) is 0 Å². The van der Waals surface area contributed by atoms with Crippen LogP contribution in [0.2, 0.25) is 0 Å². The van der Waals surface area contributed by atoms with Crippen molar-refractivity contribution < 1.29 is 18.4 Å². The van der Waals surface area contributed by atoms with Crippen molar-refractivity contribution in [3.63, 3.8) is 0 Å². The van der Waals surface area contributed by atoms with E-state index in [1.165, 1.54) is 0 Å². The van der Waals surface area contributed by atoms with Gasteiger partial charge in [-0.2, -0.15) is 0 Å². The fraction of sp³-hybridized carbons (Fsp3) is 0.190. The van der Waals surface area contributed by atoms with E-state index in [2.05, 4.69) is 0 Å². The average Bonchev–Trinajstić information content (AvgIpc) is 3.43. The maximum absolute atomic E-state index is 13.1. The Kier molecular flexibility index (Phi) is 4.98. The summed E-state index contributed by atoms with van der Waals surface area (Å²) in [6.45, 7) is 0.994. The lowest BCUT2D eigenvalue weighted by Crippen LogP contribution is -2.31. The molecule has 0 saturated carbocycles. The summed E-state index contributed by atoms with van der Waals surface area (Å²) >= 11 is 1.64. The third kappa shape index (κ3) is 3.90. The van der Waals surface area contributed by atoms with Crippen LogP contribution in [-0.2, 0) is 24.3 Å². The quantitative estimate of drug-likeness (QED) is 0.458. The van der Waals surface area contributed by atoms with Gasteiger partial charge in [0.1, 0.15) is 17.1 Å². The molecular weight excluding hydrogens is 362 g/mol. The second kappa shape index (κ2) is 7.72. The molecule has 0 N–H and O–H groups in total. The van der Waals surface area contributed by atoms with Gasteiger partial charge in [0, 0.05) is 21.9 Å². The van der Waals surface area contributed by atoms with E-state index in [0.29, 0.717) is 18.7 Å². The maximum atomic E-state index is 13.1. The molecule has 27 heavy (non-hydrogen) atoms. The minimum Gasteiger partial charge on any atom is -0.497 e. The van der Waals surface area contributed by atoms with Crippen LogP contribution in [0, 0.1) is 0 Å². The van der Waals surface area contributed by atoms with Crippen LogP contribution in [0.3, 0.4) is 0 Å². The van der Waals surface area contributed by atoms with Crippen LogP contribution in [0.4, 0.5) is 0 Å². The molecule has 0 unspecified atom stereocenters. The molecule has 0 aliphatic rings. The largest absolute Gasteiger partial charge is 0.497 e. The molecule has 0 bridgehead atoms. The van der Waals surface area contributed by atoms with Gasteiger partial charge in [0.25, 0.3) is 0 Å². The highest BCUT2D eigenvalue weighted by Crippen LogP contribution is 2.26. The Labute approximate surface area is 160 Å². The normalized spacial score (nSPS) is 11.0. The number of ether oxygens (including phenoxy) is 1. The number of methoxy groups -OCH3 is 1. The van der Waals surface area contributed by atoms with Crippen molar-refractivity contribution >= 4 is 28.2 Å². The SMILES string of the molecule is COc1ccc2c(CC(=O)N(Cc3ccco3)Cc3cccs3)coc2c1. The summed E-state index contributed by atoms with van der Waals surface area (Å²) in [5.74, 6) is 1.52. The molecule has 4 aromatic rings. The van der Waals surface area contributed by atoms with E-state index < -0.39 is 0 Å². The Morgan fingerprint density at radius 3 is 2.81 bits per heavy atom. The first kappa shape index (κ1) is 17.4. The summed E-state index contributed by atoms with van der Waals surface area (Å²) in [6, 6.07) is 13.4. The first-order chi connectivity index (χ1) is 13.2. The van der Waals surface area contributed by atoms with Gasteiger partial charge in [0.2, 0.25) is 5.91 Å². The molecule has 0 aliphatic heterocycles. The number of hydrogen-bond acceptors (Lipinski definition) is 5. The Morgan fingerprint density at radius 1 is 1.15 bits per heavy atom. The zero-order valence-electron chi connectivity index (χ0n) is 14.9. The summed E-state index contributed by atoms with van der Waals surface area (Å²) in [6.07, 6.45) is 3.55. The maximum Gasteiger partial charge on any atom is 0.227 e. The van der Waals surface area contributed by atoms with Crippen LogP contribution in [0.15, 0.2) is 69.2 Å². The predicted molar refractivity (Wildman–Crippen MR) is 104 cm³/mol. The highest BCUT2D eigenvalue weighted by molar-refractivity contribution is 7.09. The van der Waals surface area contributed by atoms with Crippen LogP contribution < -0.4 is 4.74 Å². The van der Waals surface area contributed by atoms with Crippen molar-refractivity contribution in [2.45, 2.75) is 19.5 Å². The van der Waals surface area contributed by atoms with Gasteiger partial charge in [0.05, 0.1) is 39.1 Å². The number of amides is 1. The number of carbonyl (C=O) groups is 1. The molecule has 138 valence electrons. The summed E-state index contributed by atoms with van der Waals surface area (Å²) < 4.78 is 16.3. The Bertz CT molecular complexity index is 982. The van der Waals surface area contributed by atoms with Gasteiger partial charge in [0.15, 0.2) is 0 Å². The monoisotopic (exact) mass is 381 g/mol. The molecule has 0 atom stereocenters. The summed E-state index contributed by atoms with van der Waals surface area (Å²) in [5, 5.41) is 2.94. The average molecular weight is 381 g/mol. The highest BCUT2D eigenvalue weighted by Gasteiger charge is 2.19. The van der Waals surface area contributed by atoms with Crippen molar-refractivity contribution in [1.82, 2.24) is 4.90 Å². The molecule has 0 radical (unpaired) electrons. The lowest BCUT2D eigenvalue weighted by Gasteiger charge is -2.21. The van der Waals surface area contributed by atoms with E-state index in [0.717, 1.165) is 27.3 Å². The Balaban J connectivity index is 1.55. The van der Waals surface area contributed by atoms with Crippen LogP contribution in [0.5, 0.6) is 5.75 Å². The predicted octanol–water partition coefficient (Wildman–Crippen LogP) is 4.87. The number of nitrogens with zero attached hydrogens (tertiary/aromatic N) is 1. The van der Waals surface area contributed by atoms with E-state index >= 15 is 0 Å². The third-order valence-electron chi connectivity index (χ3n) is 4.41. The lowest BCUT2D eigenvalue weighted by atomic mass is 10.1.